The van der Waals surface area contributed by atoms with E-state index in [4.69, 9.17) is 0 Å². The minimum atomic E-state index is -0.548. The lowest BCUT2D eigenvalue weighted by Gasteiger charge is -2.42. The average molecular weight is 396 g/mol. The van der Waals surface area contributed by atoms with Crippen molar-refractivity contribution in [1.82, 2.24) is 10.2 Å². The highest BCUT2D eigenvalue weighted by Gasteiger charge is 2.45. The van der Waals surface area contributed by atoms with Crippen molar-refractivity contribution in [3.63, 3.8) is 0 Å². The number of anilines is 1. The fourth-order valence-corrected chi connectivity index (χ4v) is 4.56. The van der Waals surface area contributed by atoms with Gasteiger partial charge in [0.25, 0.3) is 0 Å². The fourth-order valence-electron chi connectivity index (χ4n) is 4.56. The monoisotopic (exact) mass is 395 g/mol. The van der Waals surface area contributed by atoms with E-state index in [1.165, 1.54) is 17.8 Å². The van der Waals surface area contributed by atoms with Gasteiger partial charge in [0, 0.05) is 44.5 Å². The maximum atomic E-state index is 13.7. The Morgan fingerprint density at radius 1 is 1.07 bits per heavy atom. The van der Waals surface area contributed by atoms with Gasteiger partial charge in [-0.25, -0.2) is 4.39 Å². The van der Waals surface area contributed by atoms with E-state index in [-0.39, 0.29) is 17.8 Å². The highest BCUT2D eigenvalue weighted by atomic mass is 19.1. The van der Waals surface area contributed by atoms with Gasteiger partial charge in [-0.2, -0.15) is 0 Å². The van der Waals surface area contributed by atoms with E-state index in [0.717, 1.165) is 51.0 Å². The summed E-state index contributed by atoms with van der Waals surface area (Å²) < 4.78 is 13.7. The summed E-state index contributed by atoms with van der Waals surface area (Å²) in [5.74, 6) is -0.227. The van der Waals surface area contributed by atoms with E-state index in [1.54, 1.807) is 6.07 Å². The molecule has 1 atom stereocenters. The Morgan fingerprint density at radius 2 is 1.79 bits per heavy atom. The summed E-state index contributed by atoms with van der Waals surface area (Å²) in [5, 5.41) is 3.17. The van der Waals surface area contributed by atoms with Gasteiger partial charge in [-0.05, 0) is 49.6 Å². The zero-order chi connectivity index (χ0) is 20.3. The second-order valence-corrected chi connectivity index (χ2v) is 8.36. The molecule has 2 fully saturated rings. The third-order valence-corrected chi connectivity index (χ3v) is 6.64. The van der Waals surface area contributed by atoms with Crippen LogP contribution in [0.2, 0.25) is 0 Å². The van der Waals surface area contributed by atoms with Gasteiger partial charge in [-0.3, -0.25) is 9.69 Å². The molecular formula is C24H30FN3O. The number of rotatable bonds is 6. The van der Waals surface area contributed by atoms with Crippen molar-refractivity contribution < 1.29 is 9.18 Å². The molecule has 4 nitrogen and oxygen atoms in total. The van der Waals surface area contributed by atoms with E-state index in [0.29, 0.717) is 6.54 Å². The number of hydrogen-bond acceptors (Lipinski definition) is 3. The van der Waals surface area contributed by atoms with E-state index in [2.05, 4.69) is 46.3 Å². The van der Waals surface area contributed by atoms with Crippen LogP contribution in [0.3, 0.4) is 0 Å². The predicted molar refractivity (Wildman–Crippen MR) is 115 cm³/mol. The molecule has 0 radical (unpaired) electrons. The Morgan fingerprint density at radius 3 is 2.41 bits per heavy atom. The second-order valence-electron chi connectivity index (χ2n) is 8.36. The van der Waals surface area contributed by atoms with Gasteiger partial charge in [0.1, 0.15) is 5.82 Å². The highest BCUT2D eigenvalue weighted by molar-refractivity contribution is 5.89. The molecule has 1 amide bonds. The van der Waals surface area contributed by atoms with E-state index >= 15 is 0 Å². The number of nitrogens with one attached hydrogen (secondary N) is 1. The van der Waals surface area contributed by atoms with Crippen LogP contribution in [-0.2, 0) is 10.2 Å². The van der Waals surface area contributed by atoms with Gasteiger partial charge in [-0.15, -0.1) is 0 Å². The van der Waals surface area contributed by atoms with Crippen LogP contribution in [0, 0.1) is 5.82 Å². The number of nitrogens with zero attached hydrogens (tertiary/aromatic N) is 2. The zero-order valence-corrected chi connectivity index (χ0v) is 17.1. The number of halogens is 1. The first-order chi connectivity index (χ1) is 14.1. The molecule has 1 N–H and O–H groups in total. The van der Waals surface area contributed by atoms with Gasteiger partial charge in [0.05, 0.1) is 5.41 Å². The summed E-state index contributed by atoms with van der Waals surface area (Å²) in [6, 6.07) is 17.3. The number of carbonyl (C=O) groups is 1. The van der Waals surface area contributed by atoms with Crippen molar-refractivity contribution in [3.8, 4) is 0 Å². The van der Waals surface area contributed by atoms with E-state index in [1.807, 2.05) is 12.1 Å². The zero-order valence-electron chi connectivity index (χ0n) is 17.1. The van der Waals surface area contributed by atoms with Crippen molar-refractivity contribution >= 4 is 11.6 Å². The maximum Gasteiger partial charge on any atom is 0.230 e. The molecule has 1 saturated heterocycles. The molecule has 2 aromatic carbocycles. The average Bonchev–Trinajstić information content (AvgIpc) is 2.72. The molecule has 0 bridgehead atoms. The molecule has 0 aromatic heterocycles. The lowest BCUT2D eigenvalue weighted by atomic mass is 9.63. The Hall–Kier alpha value is -2.40. The molecule has 2 aromatic rings. The van der Waals surface area contributed by atoms with Gasteiger partial charge in [0.2, 0.25) is 5.91 Å². The lowest BCUT2D eigenvalue weighted by molar-refractivity contribution is -0.130. The summed E-state index contributed by atoms with van der Waals surface area (Å²) in [5.41, 5.74) is 1.54. The van der Waals surface area contributed by atoms with Crippen LogP contribution in [0.5, 0.6) is 0 Å². The number of benzene rings is 2. The quantitative estimate of drug-likeness (QED) is 0.812. The third-order valence-electron chi connectivity index (χ3n) is 6.64. The summed E-state index contributed by atoms with van der Waals surface area (Å²) in [7, 11) is 0. The van der Waals surface area contributed by atoms with Crippen molar-refractivity contribution in [2.24, 2.45) is 0 Å². The standard InChI is InChI=1S/C24H30FN3O/c1-19(27-13-15-28(16-14-27)22-9-3-2-4-10-22)18-26-23(29)24(11-6-12-24)20-7-5-8-21(25)17-20/h2-5,7-10,17,19H,6,11-16,18H2,1H3,(H,26,29). The number of hydrogen-bond donors (Lipinski definition) is 1. The van der Waals surface area contributed by atoms with Crippen LogP contribution in [-0.4, -0.2) is 49.6 Å². The molecule has 4 rings (SSSR count). The molecule has 29 heavy (non-hydrogen) atoms. The fraction of sp³-hybridized carbons (Fsp3) is 0.458. The van der Waals surface area contributed by atoms with E-state index < -0.39 is 5.41 Å². The summed E-state index contributed by atoms with van der Waals surface area (Å²) in [6.07, 6.45) is 2.61. The van der Waals surface area contributed by atoms with Crippen LogP contribution >= 0.6 is 0 Å². The summed E-state index contributed by atoms with van der Waals surface area (Å²) in [4.78, 5) is 17.9. The first-order valence-corrected chi connectivity index (χ1v) is 10.7. The first-order valence-electron chi connectivity index (χ1n) is 10.7. The highest BCUT2D eigenvalue weighted by Crippen LogP contribution is 2.44. The van der Waals surface area contributed by atoms with Crippen molar-refractivity contribution in [3.05, 3.63) is 66.0 Å². The molecule has 5 heteroatoms. The second kappa shape index (κ2) is 8.54. The molecule has 1 unspecified atom stereocenters. The molecule has 1 aliphatic heterocycles. The minimum absolute atomic E-state index is 0.0455. The summed E-state index contributed by atoms with van der Waals surface area (Å²) >= 11 is 0. The van der Waals surface area contributed by atoms with Crippen molar-refractivity contribution in [2.75, 3.05) is 37.6 Å². The van der Waals surface area contributed by atoms with Gasteiger partial charge in [0.15, 0.2) is 0 Å². The normalized spacial score (nSPS) is 20.0. The smallest absolute Gasteiger partial charge is 0.230 e. The number of amides is 1. The van der Waals surface area contributed by atoms with Crippen LogP contribution in [0.15, 0.2) is 54.6 Å². The molecule has 1 heterocycles. The van der Waals surface area contributed by atoms with Gasteiger partial charge < -0.3 is 10.2 Å². The number of piperazine rings is 1. The molecular weight excluding hydrogens is 365 g/mol. The SMILES string of the molecule is CC(CNC(=O)C1(c2cccc(F)c2)CCC1)N1CCN(c2ccccc2)CC1. The van der Waals surface area contributed by atoms with Gasteiger partial charge in [-0.1, -0.05) is 36.8 Å². The Bertz CT molecular complexity index is 829. The molecule has 154 valence electrons. The topological polar surface area (TPSA) is 35.6 Å². The maximum absolute atomic E-state index is 13.7. The van der Waals surface area contributed by atoms with E-state index in [9.17, 15) is 9.18 Å². The third kappa shape index (κ3) is 4.15. The first kappa shape index (κ1) is 19.9. The molecule has 1 saturated carbocycles. The van der Waals surface area contributed by atoms with Crippen LogP contribution in [0.1, 0.15) is 31.7 Å². The van der Waals surface area contributed by atoms with Crippen LogP contribution in [0.4, 0.5) is 10.1 Å². The van der Waals surface area contributed by atoms with Gasteiger partial charge >= 0.3 is 0 Å². The molecule has 1 aliphatic carbocycles. The lowest BCUT2D eigenvalue weighted by Crippen LogP contribution is -2.55. The number of carbonyl (C=O) groups excluding carboxylic acids is 1. The largest absolute Gasteiger partial charge is 0.369 e. The summed E-state index contributed by atoms with van der Waals surface area (Å²) in [6.45, 7) is 6.77. The number of para-hydroxylation sites is 1. The minimum Gasteiger partial charge on any atom is -0.369 e. The predicted octanol–water partition coefficient (Wildman–Crippen LogP) is 3.57. The molecule has 2 aliphatic rings. The van der Waals surface area contributed by atoms with Crippen LogP contribution < -0.4 is 10.2 Å². The molecule has 0 spiro atoms. The Labute approximate surface area is 172 Å². The Balaban J connectivity index is 1.30. The van der Waals surface area contributed by atoms with Crippen molar-refractivity contribution in [2.45, 2.75) is 37.6 Å². The Kier molecular flexibility index (Phi) is 5.86. The van der Waals surface area contributed by atoms with Crippen LogP contribution in [0.25, 0.3) is 0 Å². The van der Waals surface area contributed by atoms with Crippen molar-refractivity contribution in [1.29, 1.82) is 0 Å².